The molecule has 0 saturated heterocycles. The SMILES string of the molecule is COC(=O)[C@@H](NC(=O)[C@@H](NC(=O)OCC1c2ccccc2-c2ccccc21)C(C)C)C(C)C. The van der Waals surface area contributed by atoms with Gasteiger partial charge in [-0.2, -0.15) is 0 Å². The van der Waals surface area contributed by atoms with E-state index in [-0.39, 0.29) is 24.4 Å². The standard InChI is InChI=1S/C26H32N2O5/c1-15(2)22(24(29)27-23(16(3)4)25(30)32-5)28-26(31)33-14-21-19-12-8-6-10-17(19)18-11-7-9-13-20(18)21/h6-13,15-16,21-23H,14H2,1-5H3,(H,27,29)(H,28,31)/t22-,23-/m0/s1. The number of nitrogens with one attached hydrogen (secondary N) is 2. The molecule has 0 aromatic heterocycles. The maximum atomic E-state index is 12.9. The van der Waals surface area contributed by atoms with E-state index in [1.165, 1.54) is 7.11 Å². The normalized spacial score (nSPS) is 14.3. The minimum Gasteiger partial charge on any atom is -0.467 e. The molecule has 0 unspecified atom stereocenters. The predicted molar refractivity (Wildman–Crippen MR) is 126 cm³/mol. The number of hydrogen-bond donors (Lipinski definition) is 2. The number of carbonyl (C=O) groups excluding carboxylic acids is 3. The zero-order chi connectivity index (χ0) is 24.1. The average Bonchev–Trinajstić information content (AvgIpc) is 3.12. The van der Waals surface area contributed by atoms with E-state index in [4.69, 9.17) is 9.47 Å². The molecule has 7 heteroatoms. The minimum absolute atomic E-state index is 0.0703. The molecule has 2 aromatic carbocycles. The Labute approximate surface area is 194 Å². The molecule has 0 radical (unpaired) electrons. The van der Waals surface area contributed by atoms with E-state index in [9.17, 15) is 14.4 Å². The number of benzene rings is 2. The Morgan fingerprint density at radius 1 is 0.818 bits per heavy atom. The van der Waals surface area contributed by atoms with Crippen LogP contribution in [0.5, 0.6) is 0 Å². The van der Waals surface area contributed by atoms with Gasteiger partial charge in [0.05, 0.1) is 7.11 Å². The van der Waals surface area contributed by atoms with Crippen molar-refractivity contribution >= 4 is 18.0 Å². The fourth-order valence-electron chi connectivity index (χ4n) is 4.17. The van der Waals surface area contributed by atoms with Gasteiger partial charge < -0.3 is 20.1 Å². The van der Waals surface area contributed by atoms with Crippen molar-refractivity contribution < 1.29 is 23.9 Å². The van der Waals surface area contributed by atoms with Crippen LogP contribution in [-0.2, 0) is 19.1 Å². The van der Waals surface area contributed by atoms with E-state index in [1.807, 2.05) is 64.1 Å². The van der Waals surface area contributed by atoms with E-state index >= 15 is 0 Å². The van der Waals surface area contributed by atoms with Crippen molar-refractivity contribution in [1.82, 2.24) is 10.6 Å². The Balaban J connectivity index is 1.66. The Kier molecular flexibility index (Phi) is 7.74. The summed E-state index contributed by atoms with van der Waals surface area (Å²) in [4.78, 5) is 37.5. The highest BCUT2D eigenvalue weighted by Crippen LogP contribution is 2.44. The van der Waals surface area contributed by atoms with Crippen molar-refractivity contribution in [3.63, 3.8) is 0 Å². The molecule has 1 aliphatic carbocycles. The first-order valence-electron chi connectivity index (χ1n) is 11.2. The highest BCUT2D eigenvalue weighted by atomic mass is 16.5. The third-order valence-corrected chi connectivity index (χ3v) is 5.99. The molecule has 2 N–H and O–H groups in total. The fourth-order valence-corrected chi connectivity index (χ4v) is 4.17. The van der Waals surface area contributed by atoms with Crippen molar-refractivity contribution in [1.29, 1.82) is 0 Å². The van der Waals surface area contributed by atoms with Crippen LogP contribution in [0.2, 0.25) is 0 Å². The summed E-state index contributed by atoms with van der Waals surface area (Å²) in [6.45, 7) is 7.41. The van der Waals surface area contributed by atoms with Gasteiger partial charge in [-0.15, -0.1) is 0 Å². The second-order valence-corrected chi connectivity index (χ2v) is 8.95. The Bertz CT molecular complexity index is 972. The van der Waals surface area contributed by atoms with Gasteiger partial charge in [0.2, 0.25) is 5.91 Å². The van der Waals surface area contributed by atoms with Crippen LogP contribution in [-0.4, -0.2) is 43.8 Å². The number of esters is 1. The summed E-state index contributed by atoms with van der Waals surface area (Å²) in [5, 5.41) is 5.36. The van der Waals surface area contributed by atoms with Crippen LogP contribution in [0.4, 0.5) is 4.79 Å². The molecule has 2 atom stereocenters. The molecular weight excluding hydrogens is 420 g/mol. The second kappa shape index (κ2) is 10.5. The first-order chi connectivity index (χ1) is 15.7. The minimum atomic E-state index is -0.855. The number of methoxy groups -OCH3 is 1. The van der Waals surface area contributed by atoms with Crippen LogP contribution in [0.1, 0.15) is 44.7 Å². The molecule has 0 fully saturated rings. The summed E-state index contributed by atoms with van der Waals surface area (Å²) in [5.41, 5.74) is 4.51. The number of ether oxygens (including phenoxy) is 2. The van der Waals surface area contributed by atoms with Crippen molar-refractivity contribution in [2.24, 2.45) is 11.8 Å². The second-order valence-electron chi connectivity index (χ2n) is 8.95. The highest BCUT2D eigenvalue weighted by molar-refractivity contribution is 5.90. The Morgan fingerprint density at radius 3 is 1.82 bits per heavy atom. The zero-order valence-corrected chi connectivity index (χ0v) is 19.8. The molecule has 2 amide bonds. The van der Waals surface area contributed by atoms with Crippen molar-refractivity contribution in [3.8, 4) is 11.1 Å². The largest absolute Gasteiger partial charge is 0.467 e. The molecule has 7 nitrogen and oxygen atoms in total. The highest BCUT2D eigenvalue weighted by Gasteiger charge is 2.32. The molecule has 176 valence electrons. The van der Waals surface area contributed by atoms with Crippen LogP contribution in [0, 0.1) is 11.8 Å². The number of fused-ring (bicyclic) bond motifs is 3. The molecule has 0 heterocycles. The first kappa shape index (κ1) is 24.3. The lowest BCUT2D eigenvalue weighted by molar-refractivity contribution is -0.146. The molecule has 0 aliphatic heterocycles. The molecule has 1 aliphatic rings. The summed E-state index contributed by atoms with van der Waals surface area (Å²) in [6, 6.07) is 14.5. The van der Waals surface area contributed by atoms with Crippen LogP contribution < -0.4 is 10.6 Å². The Hall–Kier alpha value is -3.35. The van der Waals surface area contributed by atoms with Crippen molar-refractivity contribution in [3.05, 3.63) is 59.7 Å². The molecule has 3 rings (SSSR count). The van der Waals surface area contributed by atoms with Crippen LogP contribution in [0.15, 0.2) is 48.5 Å². The quantitative estimate of drug-likeness (QED) is 0.593. The molecular formula is C26H32N2O5. The molecule has 0 bridgehead atoms. The van der Waals surface area contributed by atoms with Gasteiger partial charge in [-0.25, -0.2) is 9.59 Å². The third kappa shape index (κ3) is 5.35. The molecule has 33 heavy (non-hydrogen) atoms. The third-order valence-electron chi connectivity index (χ3n) is 5.99. The van der Waals surface area contributed by atoms with Gasteiger partial charge >= 0.3 is 12.1 Å². The maximum absolute atomic E-state index is 12.9. The van der Waals surface area contributed by atoms with Crippen LogP contribution in [0.3, 0.4) is 0 Å². The van der Waals surface area contributed by atoms with Gasteiger partial charge in [-0.1, -0.05) is 76.2 Å². The maximum Gasteiger partial charge on any atom is 0.407 e. The van der Waals surface area contributed by atoms with Gasteiger partial charge in [0, 0.05) is 5.92 Å². The van der Waals surface area contributed by atoms with Gasteiger partial charge in [0.1, 0.15) is 18.7 Å². The summed E-state index contributed by atoms with van der Waals surface area (Å²) in [5.74, 6) is -1.43. The average molecular weight is 453 g/mol. The fraction of sp³-hybridized carbons (Fsp3) is 0.423. The number of amides is 2. The lowest BCUT2D eigenvalue weighted by atomic mass is 9.98. The lowest BCUT2D eigenvalue weighted by Crippen LogP contribution is -2.55. The molecule has 0 spiro atoms. The molecule has 0 saturated carbocycles. The number of hydrogen-bond acceptors (Lipinski definition) is 5. The number of carbonyl (C=O) groups is 3. The van der Waals surface area contributed by atoms with E-state index in [2.05, 4.69) is 22.8 Å². The van der Waals surface area contributed by atoms with Crippen LogP contribution >= 0.6 is 0 Å². The summed E-state index contributed by atoms with van der Waals surface area (Å²) in [6.07, 6.45) is -0.676. The smallest absolute Gasteiger partial charge is 0.407 e. The summed E-state index contributed by atoms with van der Waals surface area (Å²) >= 11 is 0. The van der Waals surface area contributed by atoms with E-state index in [0.717, 1.165) is 22.3 Å². The first-order valence-corrected chi connectivity index (χ1v) is 11.2. The number of rotatable bonds is 8. The van der Waals surface area contributed by atoms with E-state index in [1.54, 1.807) is 0 Å². The van der Waals surface area contributed by atoms with E-state index < -0.39 is 30.1 Å². The zero-order valence-electron chi connectivity index (χ0n) is 19.8. The summed E-state index contributed by atoms with van der Waals surface area (Å²) in [7, 11) is 1.28. The monoisotopic (exact) mass is 452 g/mol. The summed E-state index contributed by atoms with van der Waals surface area (Å²) < 4.78 is 10.4. The lowest BCUT2D eigenvalue weighted by Gasteiger charge is -2.26. The number of alkyl carbamates (subject to hydrolysis) is 1. The van der Waals surface area contributed by atoms with E-state index in [0.29, 0.717) is 0 Å². The van der Waals surface area contributed by atoms with Gasteiger partial charge in [0.25, 0.3) is 0 Å². The topological polar surface area (TPSA) is 93.7 Å². The van der Waals surface area contributed by atoms with Gasteiger partial charge in [-0.05, 0) is 34.1 Å². The van der Waals surface area contributed by atoms with Crippen molar-refractivity contribution in [2.45, 2.75) is 45.7 Å². The van der Waals surface area contributed by atoms with Crippen LogP contribution in [0.25, 0.3) is 11.1 Å². The Morgan fingerprint density at radius 2 is 1.33 bits per heavy atom. The van der Waals surface area contributed by atoms with Crippen molar-refractivity contribution in [2.75, 3.05) is 13.7 Å². The predicted octanol–water partition coefficient (Wildman–Crippen LogP) is 3.86. The van der Waals surface area contributed by atoms with Gasteiger partial charge in [-0.3, -0.25) is 4.79 Å². The molecule has 2 aromatic rings. The van der Waals surface area contributed by atoms with Gasteiger partial charge in [0.15, 0.2) is 0 Å².